The Morgan fingerprint density at radius 2 is 2.00 bits per heavy atom. The fraction of sp³-hybridized carbons (Fsp3) is 0.692. The van der Waals surface area contributed by atoms with Crippen LogP contribution >= 0.6 is 0 Å². The Bertz CT molecular complexity index is 450. The number of carbonyl (C=O) groups excluding carboxylic acids is 1. The Labute approximate surface area is 114 Å². The van der Waals surface area contributed by atoms with Crippen molar-refractivity contribution in [1.29, 1.82) is 0 Å². The average Bonchev–Trinajstić information content (AvgIpc) is 2.52. The van der Waals surface area contributed by atoms with Gasteiger partial charge < -0.3 is 16.0 Å². The summed E-state index contributed by atoms with van der Waals surface area (Å²) in [6.07, 6.45) is 0. The third-order valence-electron chi connectivity index (χ3n) is 2.82. The molecule has 0 aliphatic carbocycles. The van der Waals surface area contributed by atoms with Gasteiger partial charge in [0.05, 0.1) is 17.9 Å². The molecule has 0 radical (unpaired) electrons. The smallest absolute Gasteiger partial charge is 0.239 e. The summed E-state index contributed by atoms with van der Waals surface area (Å²) in [5, 5.41) is 7.28. The molecule has 0 saturated heterocycles. The molecule has 0 spiro atoms. The average molecular weight is 267 g/mol. The first-order chi connectivity index (χ1) is 8.73. The van der Waals surface area contributed by atoms with Crippen LogP contribution in [0.3, 0.4) is 0 Å². The third kappa shape index (κ3) is 3.62. The monoisotopic (exact) mass is 267 g/mol. The first-order valence-corrected chi connectivity index (χ1v) is 6.56. The van der Waals surface area contributed by atoms with E-state index < -0.39 is 0 Å². The van der Waals surface area contributed by atoms with E-state index in [1.54, 1.807) is 4.68 Å². The van der Waals surface area contributed by atoms with E-state index in [0.29, 0.717) is 5.69 Å². The molecule has 1 heterocycles. The van der Waals surface area contributed by atoms with Crippen molar-refractivity contribution in [2.24, 2.45) is 7.05 Å². The number of carbonyl (C=O) groups is 1. The Kier molecular flexibility index (Phi) is 4.80. The standard InChI is InChI=1S/C13H25N5O/c1-8(2)12-11(14)13(18(6)16-12)17(5)7-10(19)15-9(3)4/h8-9H,7,14H2,1-6H3,(H,15,19). The van der Waals surface area contributed by atoms with Gasteiger partial charge in [-0.25, -0.2) is 0 Å². The summed E-state index contributed by atoms with van der Waals surface area (Å²) in [5.41, 5.74) is 7.65. The van der Waals surface area contributed by atoms with Gasteiger partial charge in [0.2, 0.25) is 5.91 Å². The number of rotatable bonds is 5. The normalized spacial score (nSPS) is 11.2. The summed E-state index contributed by atoms with van der Waals surface area (Å²) in [6.45, 7) is 8.24. The van der Waals surface area contributed by atoms with E-state index in [-0.39, 0.29) is 24.4 Å². The molecule has 1 aromatic rings. The summed E-state index contributed by atoms with van der Waals surface area (Å²) in [5.74, 6) is 1.02. The predicted octanol–water partition coefficient (Wildman–Crippen LogP) is 1.09. The van der Waals surface area contributed by atoms with Gasteiger partial charge >= 0.3 is 0 Å². The van der Waals surface area contributed by atoms with Crippen LogP contribution in [0, 0.1) is 0 Å². The second-order valence-electron chi connectivity index (χ2n) is 5.48. The van der Waals surface area contributed by atoms with Gasteiger partial charge in [0, 0.05) is 20.1 Å². The fourth-order valence-corrected chi connectivity index (χ4v) is 2.09. The lowest BCUT2D eigenvalue weighted by Crippen LogP contribution is -2.39. The summed E-state index contributed by atoms with van der Waals surface area (Å²) in [6, 6.07) is 0.135. The van der Waals surface area contributed by atoms with E-state index in [4.69, 9.17) is 5.73 Å². The van der Waals surface area contributed by atoms with Gasteiger partial charge in [0.25, 0.3) is 0 Å². The molecule has 1 aromatic heterocycles. The van der Waals surface area contributed by atoms with Gasteiger partial charge in [-0.05, 0) is 19.8 Å². The molecule has 0 unspecified atom stereocenters. The highest BCUT2D eigenvalue weighted by Crippen LogP contribution is 2.29. The van der Waals surface area contributed by atoms with Gasteiger partial charge in [0.15, 0.2) is 5.82 Å². The zero-order valence-corrected chi connectivity index (χ0v) is 12.7. The zero-order chi connectivity index (χ0) is 14.7. The maximum atomic E-state index is 11.8. The number of nitrogen functional groups attached to an aromatic ring is 1. The van der Waals surface area contributed by atoms with Crippen LogP contribution in [0.15, 0.2) is 0 Å². The summed E-state index contributed by atoms with van der Waals surface area (Å²) in [7, 11) is 3.69. The number of nitrogens with zero attached hydrogens (tertiary/aromatic N) is 3. The predicted molar refractivity (Wildman–Crippen MR) is 78.3 cm³/mol. The molecular formula is C13H25N5O. The van der Waals surface area contributed by atoms with E-state index in [2.05, 4.69) is 10.4 Å². The van der Waals surface area contributed by atoms with Crippen molar-refractivity contribution >= 4 is 17.4 Å². The Morgan fingerprint density at radius 3 is 2.42 bits per heavy atom. The van der Waals surface area contributed by atoms with E-state index in [9.17, 15) is 4.79 Å². The van der Waals surface area contributed by atoms with Gasteiger partial charge in [-0.1, -0.05) is 13.8 Å². The molecule has 1 rings (SSSR count). The van der Waals surface area contributed by atoms with Gasteiger partial charge in [-0.15, -0.1) is 0 Å². The number of amides is 1. The molecule has 1 amide bonds. The van der Waals surface area contributed by atoms with Crippen LogP contribution in [-0.2, 0) is 11.8 Å². The number of hydrogen-bond acceptors (Lipinski definition) is 4. The lowest BCUT2D eigenvalue weighted by atomic mass is 10.1. The van der Waals surface area contributed by atoms with E-state index >= 15 is 0 Å². The van der Waals surface area contributed by atoms with Crippen LogP contribution < -0.4 is 16.0 Å². The second kappa shape index (κ2) is 5.95. The minimum Gasteiger partial charge on any atom is -0.394 e. The SMILES string of the molecule is CC(C)NC(=O)CN(C)c1c(N)c(C(C)C)nn1C. The molecule has 0 aliphatic rings. The minimum absolute atomic E-state index is 0.0239. The summed E-state index contributed by atoms with van der Waals surface area (Å²) < 4.78 is 1.73. The number of nitrogens with one attached hydrogen (secondary N) is 1. The molecule has 0 atom stereocenters. The Hall–Kier alpha value is -1.72. The number of hydrogen-bond donors (Lipinski definition) is 2. The quantitative estimate of drug-likeness (QED) is 0.837. The van der Waals surface area contributed by atoms with Gasteiger partial charge in [0.1, 0.15) is 0 Å². The van der Waals surface area contributed by atoms with Crippen LogP contribution in [0.4, 0.5) is 11.5 Å². The van der Waals surface area contributed by atoms with Crippen LogP contribution in [0.5, 0.6) is 0 Å². The molecule has 0 saturated carbocycles. The third-order valence-corrected chi connectivity index (χ3v) is 2.82. The van der Waals surface area contributed by atoms with Crippen molar-refractivity contribution in [3.8, 4) is 0 Å². The minimum atomic E-state index is -0.0239. The van der Waals surface area contributed by atoms with Crippen molar-refractivity contribution in [3.63, 3.8) is 0 Å². The number of likely N-dealkylation sites (N-methyl/N-ethyl adjacent to an activating group) is 1. The van der Waals surface area contributed by atoms with Crippen LogP contribution in [0.25, 0.3) is 0 Å². The van der Waals surface area contributed by atoms with E-state index in [1.165, 1.54) is 0 Å². The lowest BCUT2D eigenvalue weighted by Gasteiger charge is -2.20. The van der Waals surface area contributed by atoms with Gasteiger partial charge in [-0.3, -0.25) is 9.48 Å². The largest absolute Gasteiger partial charge is 0.394 e. The highest BCUT2D eigenvalue weighted by Gasteiger charge is 2.20. The Morgan fingerprint density at radius 1 is 1.42 bits per heavy atom. The summed E-state index contributed by atoms with van der Waals surface area (Å²) in [4.78, 5) is 13.6. The fourth-order valence-electron chi connectivity index (χ4n) is 2.09. The summed E-state index contributed by atoms with van der Waals surface area (Å²) >= 11 is 0. The lowest BCUT2D eigenvalue weighted by molar-refractivity contribution is -0.120. The topological polar surface area (TPSA) is 76.2 Å². The van der Waals surface area contributed by atoms with Crippen molar-refractivity contribution in [1.82, 2.24) is 15.1 Å². The molecule has 6 nitrogen and oxygen atoms in total. The number of anilines is 2. The number of aromatic nitrogens is 2. The molecule has 108 valence electrons. The second-order valence-corrected chi connectivity index (χ2v) is 5.48. The van der Waals surface area contributed by atoms with Crippen molar-refractivity contribution < 1.29 is 4.79 Å². The molecule has 6 heteroatoms. The molecule has 19 heavy (non-hydrogen) atoms. The van der Waals surface area contributed by atoms with Crippen molar-refractivity contribution in [2.45, 2.75) is 39.7 Å². The van der Waals surface area contributed by atoms with Crippen LogP contribution in [-0.4, -0.2) is 35.3 Å². The molecule has 0 bridgehead atoms. The zero-order valence-electron chi connectivity index (χ0n) is 12.7. The first-order valence-electron chi connectivity index (χ1n) is 6.56. The molecule has 0 fully saturated rings. The molecule has 0 aromatic carbocycles. The maximum absolute atomic E-state index is 11.8. The van der Waals surface area contributed by atoms with Crippen molar-refractivity contribution in [3.05, 3.63) is 5.69 Å². The number of nitrogens with two attached hydrogens (primary N) is 1. The molecule has 3 N–H and O–H groups in total. The van der Waals surface area contributed by atoms with Crippen LogP contribution in [0.2, 0.25) is 0 Å². The van der Waals surface area contributed by atoms with E-state index in [1.807, 2.05) is 46.7 Å². The van der Waals surface area contributed by atoms with E-state index in [0.717, 1.165) is 11.5 Å². The first kappa shape index (κ1) is 15.3. The maximum Gasteiger partial charge on any atom is 0.239 e. The Balaban J connectivity index is 2.88. The van der Waals surface area contributed by atoms with Gasteiger partial charge in [-0.2, -0.15) is 5.10 Å². The highest BCUT2D eigenvalue weighted by molar-refractivity contribution is 5.82. The molecular weight excluding hydrogens is 242 g/mol. The van der Waals surface area contributed by atoms with Crippen molar-refractivity contribution in [2.75, 3.05) is 24.2 Å². The number of aryl methyl sites for hydroxylation is 1. The highest BCUT2D eigenvalue weighted by atomic mass is 16.2. The van der Waals surface area contributed by atoms with Crippen LogP contribution in [0.1, 0.15) is 39.3 Å². The molecule has 0 aliphatic heterocycles.